The van der Waals surface area contributed by atoms with Gasteiger partial charge in [-0.2, -0.15) is 11.3 Å². The van der Waals surface area contributed by atoms with Gasteiger partial charge in [-0.1, -0.05) is 0 Å². The molecule has 0 aliphatic carbocycles. The molecule has 0 aromatic carbocycles. The molecule has 2 aromatic rings. The molecule has 5 heteroatoms. The molecule has 0 spiro atoms. The Hall–Kier alpha value is -1.27. The first-order chi connectivity index (χ1) is 11.9. The van der Waals surface area contributed by atoms with Gasteiger partial charge in [-0.25, -0.2) is 0 Å². The van der Waals surface area contributed by atoms with E-state index in [2.05, 4.69) is 26.7 Å². The maximum atomic E-state index is 6.32. The fourth-order valence-electron chi connectivity index (χ4n) is 3.81. The van der Waals surface area contributed by atoms with Crippen molar-refractivity contribution in [2.24, 2.45) is 0 Å². The Morgan fingerprint density at radius 2 is 2.08 bits per heavy atom. The Labute approximate surface area is 147 Å². The van der Waals surface area contributed by atoms with Crippen molar-refractivity contribution in [1.29, 1.82) is 0 Å². The second-order valence-corrected chi connectivity index (χ2v) is 7.48. The van der Waals surface area contributed by atoms with Crippen LogP contribution in [0.1, 0.15) is 30.4 Å². The van der Waals surface area contributed by atoms with Crippen molar-refractivity contribution in [3.05, 3.63) is 52.5 Å². The third kappa shape index (κ3) is 3.86. The number of nitrogens with zero attached hydrogens (tertiary/aromatic N) is 2. The van der Waals surface area contributed by atoms with E-state index in [0.29, 0.717) is 25.4 Å². The molecule has 2 fully saturated rings. The molecule has 2 aliphatic rings. The molecule has 4 rings (SSSR count). The molecular formula is C19H24N2O2S. The van der Waals surface area contributed by atoms with Crippen LogP contribution in [0.2, 0.25) is 0 Å². The van der Waals surface area contributed by atoms with Gasteiger partial charge in [0.05, 0.1) is 25.4 Å². The van der Waals surface area contributed by atoms with Gasteiger partial charge in [-0.05, 0) is 59.3 Å². The Morgan fingerprint density at radius 3 is 2.92 bits per heavy atom. The van der Waals surface area contributed by atoms with E-state index >= 15 is 0 Å². The largest absolute Gasteiger partial charge is 0.374 e. The summed E-state index contributed by atoms with van der Waals surface area (Å²) in [5.41, 5.74) is 2.60. The lowest BCUT2D eigenvalue weighted by molar-refractivity contribution is -0.102. The molecule has 0 saturated carbocycles. The average Bonchev–Trinajstić information content (AvgIpc) is 3.26. The zero-order valence-electron chi connectivity index (χ0n) is 13.8. The fraction of sp³-hybridized carbons (Fsp3) is 0.526. The third-order valence-electron chi connectivity index (χ3n) is 5.04. The molecule has 4 heterocycles. The van der Waals surface area contributed by atoms with E-state index in [0.717, 1.165) is 25.9 Å². The maximum Gasteiger partial charge on any atom is 0.0813 e. The second-order valence-electron chi connectivity index (χ2n) is 6.70. The molecule has 0 radical (unpaired) electrons. The number of fused-ring (bicyclic) bond motifs is 1. The Bertz CT molecular complexity index is 620. The van der Waals surface area contributed by atoms with Crippen molar-refractivity contribution in [2.75, 3.05) is 13.2 Å². The summed E-state index contributed by atoms with van der Waals surface area (Å²) in [7, 11) is 0. The predicted octanol–water partition coefficient (Wildman–Crippen LogP) is 3.48. The monoisotopic (exact) mass is 344 g/mol. The fourth-order valence-corrected chi connectivity index (χ4v) is 4.47. The normalized spacial score (nSPS) is 27.2. The quantitative estimate of drug-likeness (QED) is 0.803. The summed E-state index contributed by atoms with van der Waals surface area (Å²) in [6.07, 6.45) is 7.70. The standard InChI is InChI=1S/C19H24N2O2S/c1-2-18-19(5-9-21(18)11-16-6-10-24-14-16)23-17(1)13-22-12-15-3-7-20-8-4-15/h3-4,6-8,10,14,17-19H,1-2,5,9,11-13H2/t17-,18+,19+/m0/s1. The van der Waals surface area contributed by atoms with E-state index in [1.807, 2.05) is 12.1 Å². The number of likely N-dealkylation sites (tertiary alicyclic amines) is 1. The predicted molar refractivity (Wildman–Crippen MR) is 94.9 cm³/mol. The first-order valence-electron chi connectivity index (χ1n) is 8.76. The van der Waals surface area contributed by atoms with E-state index < -0.39 is 0 Å². The van der Waals surface area contributed by atoms with Gasteiger partial charge in [0.2, 0.25) is 0 Å². The number of hydrogen-bond acceptors (Lipinski definition) is 5. The summed E-state index contributed by atoms with van der Waals surface area (Å²) >= 11 is 1.78. The highest BCUT2D eigenvalue weighted by molar-refractivity contribution is 7.07. The Kier molecular flexibility index (Phi) is 5.23. The van der Waals surface area contributed by atoms with Gasteiger partial charge in [0, 0.05) is 31.5 Å². The summed E-state index contributed by atoms with van der Waals surface area (Å²) in [6, 6.07) is 6.81. The van der Waals surface area contributed by atoms with Gasteiger partial charge in [0.25, 0.3) is 0 Å². The number of pyridine rings is 1. The number of hydrogen-bond donors (Lipinski definition) is 0. The molecule has 24 heavy (non-hydrogen) atoms. The minimum absolute atomic E-state index is 0.245. The zero-order chi connectivity index (χ0) is 16.2. The summed E-state index contributed by atoms with van der Waals surface area (Å²) in [6.45, 7) is 3.55. The molecule has 0 unspecified atom stereocenters. The summed E-state index contributed by atoms with van der Waals surface area (Å²) in [5, 5.41) is 4.42. The van der Waals surface area contributed by atoms with Gasteiger partial charge in [0.15, 0.2) is 0 Å². The van der Waals surface area contributed by atoms with Gasteiger partial charge in [0.1, 0.15) is 0 Å². The van der Waals surface area contributed by atoms with Crippen LogP contribution >= 0.6 is 11.3 Å². The van der Waals surface area contributed by atoms with E-state index in [1.54, 1.807) is 23.7 Å². The van der Waals surface area contributed by atoms with E-state index in [4.69, 9.17) is 9.47 Å². The van der Waals surface area contributed by atoms with Crippen molar-refractivity contribution < 1.29 is 9.47 Å². The van der Waals surface area contributed by atoms with Crippen LogP contribution in [0.5, 0.6) is 0 Å². The molecule has 0 amide bonds. The van der Waals surface area contributed by atoms with Crippen LogP contribution in [-0.2, 0) is 22.6 Å². The molecule has 4 nitrogen and oxygen atoms in total. The van der Waals surface area contributed by atoms with Crippen LogP contribution < -0.4 is 0 Å². The molecule has 128 valence electrons. The highest BCUT2D eigenvalue weighted by Gasteiger charge is 2.39. The van der Waals surface area contributed by atoms with Gasteiger partial charge < -0.3 is 9.47 Å². The van der Waals surface area contributed by atoms with Crippen molar-refractivity contribution in [3.8, 4) is 0 Å². The Morgan fingerprint density at radius 1 is 1.17 bits per heavy atom. The van der Waals surface area contributed by atoms with Crippen LogP contribution in [0.25, 0.3) is 0 Å². The van der Waals surface area contributed by atoms with E-state index in [9.17, 15) is 0 Å². The maximum absolute atomic E-state index is 6.32. The first kappa shape index (κ1) is 16.2. The van der Waals surface area contributed by atoms with Crippen molar-refractivity contribution in [1.82, 2.24) is 9.88 Å². The van der Waals surface area contributed by atoms with Crippen LogP contribution in [0.3, 0.4) is 0 Å². The molecule has 2 saturated heterocycles. The zero-order valence-corrected chi connectivity index (χ0v) is 14.7. The molecular weight excluding hydrogens is 320 g/mol. The Balaban J connectivity index is 1.23. The summed E-state index contributed by atoms with van der Waals surface area (Å²) in [5.74, 6) is 0. The minimum Gasteiger partial charge on any atom is -0.374 e. The first-order valence-corrected chi connectivity index (χ1v) is 9.70. The molecule has 2 aliphatic heterocycles. The number of ether oxygens (including phenoxy) is 2. The van der Waals surface area contributed by atoms with Gasteiger partial charge >= 0.3 is 0 Å². The average molecular weight is 344 g/mol. The van der Waals surface area contributed by atoms with E-state index in [1.165, 1.54) is 17.5 Å². The molecule has 2 aromatic heterocycles. The third-order valence-corrected chi connectivity index (χ3v) is 5.77. The number of aromatic nitrogens is 1. The topological polar surface area (TPSA) is 34.6 Å². The molecule has 0 N–H and O–H groups in total. The lowest BCUT2D eigenvalue weighted by Crippen LogP contribution is -2.43. The van der Waals surface area contributed by atoms with Crippen molar-refractivity contribution in [2.45, 2.75) is 50.7 Å². The second kappa shape index (κ2) is 7.74. The lowest BCUT2D eigenvalue weighted by atomic mass is 9.99. The van der Waals surface area contributed by atoms with Crippen LogP contribution in [0, 0.1) is 0 Å². The van der Waals surface area contributed by atoms with Crippen LogP contribution in [-0.4, -0.2) is 41.3 Å². The van der Waals surface area contributed by atoms with Crippen LogP contribution in [0.15, 0.2) is 41.4 Å². The highest BCUT2D eigenvalue weighted by atomic mass is 32.1. The SMILES string of the molecule is c1cc(COC[C@@H]2CC[C@@H]3[C@@H](CCN3Cc3ccsc3)O2)ccn1. The van der Waals surface area contributed by atoms with Crippen molar-refractivity contribution >= 4 is 11.3 Å². The lowest BCUT2D eigenvalue weighted by Gasteiger charge is -2.36. The smallest absolute Gasteiger partial charge is 0.0813 e. The minimum atomic E-state index is 0.245. The summed E-state index contributed by atoms with van der Waals surface area (Å²) < 4.78 is 12.2. The number of thiophene rings is 1. The number of rotatable bonds is 6. The van der Waals surface area contributed by atoms with Crippen molar-refractivity contribution in [3.63, 3.8) is 0 Å². The molecule has 3 atom stereocenters. The highest BCUT2D eigenvalue weighted by Crippen LogP contribution is 2.32. The van der Waals surface area contributed by atoms with Gasteiger partial charge in [-0.3, -0.25) is 9.88 Å². The van der Waals surface area contributed by atoms with Gasteiger partial charge in [-0.15, -0.1) is 0 Å². The summed E-state index contributed by atoms with van der Waals surface area (Å²) in [4.78, 5) is 6.63. The van der Waals surface area contributed by atoms with E-state index in [-0.39, 0.29) is 6.10 Å². The molecule has 0 bridgehead atoms. The van der Waals surface area contributed by atoms with Crippen LogP contribution in [0.4, 0.5) is 0 Å².